The number of esters is 1. The van der Waals surface area contributed by atoms with E-state index in [9.17, 15) is 4.79 Å². The molecule has 0 aliphatic rings. The predicted octanol–water partition coefficient (Wildman–Crippen LogP) is 1.45. The number of halogens is 1. The monoisotopic (exact) mass is 209 g/mol. The van der Waals surface area contributed by atoms with Gasteiger partial charge in [0.15, 0.2) is 0 Å². The maximum Gasteiger partial charge on any atom is 0.326 e. The summed E-state index contributed by atoms with van der Waals surface area (Å²) in [6.07, 6.45) is 0. The molecule has 2 nitrogen and oxygen atoms in total. The van der Waals surface area contributed by atoms with E-state index >= 15 is 0 Å². The summed E-state index contributed by atoms with van der Waals surface area (Å²) < 4.78 is 4.79. The topological polar surface area (TPSA) is 26.3 Å². The van der Waals surface area contributed by atoms with Crippen LogP contribution in [0.3, 0.4) is 0 Å². The number of alkyl halides is 1. The molecule has 1 aromatic rings. The molecule has 59 valence electrons. The molecule has 1 radical (unpaired) electrons. The van der Waals surface area contributed by atoms with E-state index < -0.39 is 5.97 Å². The van der Waals surface area contributed by atoms with Crippen molar-refractivity contribution in [3.8, 4) is 5.75 Å². The zero-order valence-corrected chi connectivity index (χ0v) is 10.7. The van der Waals surface area contributed by atoms with Crippen LogP contribution in [0.1, 0.15) is 0 Å². The smallest absolute Gasteiger partial charge is 0.326 e. The first-order chi connectivity index (χ1) is 5.33. The van der Waals surface area contributed by atoms with Crippen molar-refractivity contribution in [2.75, 3.05) is 5.88 Å². The van der Waals surface area contributed by atoms with Gasteiger partial charge >= 0.3 is 5.97 Å². The van der Waals surface area contributed by atoms with Gasteiger partial charge in [0.2, 0.25) is 0 Å². The minimum absolute atomic E-state index is 0. The third kappa shape index (κ3) is 4.60. The average molecular weight is 210 g/mol. The molecular weight excluding hydrogens is 203 g/mol. The molecule has 1 aromatic carbocycles. The number of rotatable bonds is 2. The van der Waals surface area contributed by atoms with Crippen molar-refractivity contribution >= 4 is 69.0 Å². The normalized spacial score (nSPS) is 8.42. The fraction of sp³-hybridized carbons (Fsp3) is 0.125. The van der Waals surface area contributed by atoms with Crippen LogP contribution in [0.2, 0.25) is 0 Å². The summed E-state index contributed by atoms with van der Waals surface area (Å²) in [7, 11) is 0. The van der Waals surface area contributed by atoms with Gasteiger partial charge in [0.1, 0.15) is 11.6 Å². The summed E-state index contributed by atoms with van der Waals surface area (Å²) in [4.78, 5) is 10.6. The second-order valence-electron chi connectivity index (χ2n) is 1.92. The summed E-state index contributed by atoms with van der Waals surface area (Å²) in [5.74, 6) is -0.0226. The van der Waals surface area contributed by atoms with Crippen LogP contribution in [-0.4, -0.2) is 63.2 Å². The van der Waals surface area contributed by atoms with Crippen LogP contribution in [0.15, 0.2) is 30.3 Å². The Hall–Kier alpha value is 0.616. The Morgan fingerprint density at radius 1 is 1.33 bits per heavy atom. The Labute approximate surface area is 119 Å². The van der Waals surface area contributed by atoms with Crippen molar-refractivity contribution < 1.29 is 9.53 Å². The SMILES string of the molecule is O=C(CCl)Oc1ccccc1.[K]. The minimum atomic E-state index is -0.433. The second kappa shape index (κ2) is 7.06. The molecule has 0 unspecified atom stereocenters. The third-order valence-electron chi connectivity index (χ3n) is 1.08. The molecule has 0 spiro atoms. The number of benzene rings is 1. The minimum Gasteiger partial charge on any atom is -0.426 e. The van der Waals surface area contributed by atoms with E-state index in [1.807, 2.05) is 6.07 Å². The van der Waals surface area contributed by atoms with Gasteiger partial charge < -0.3 is 4.74 Å². The quantitative estimate of drug-likeness (QED) is 0.319. The van der Waals surface area contributed by atoms with Gasteiger partial charge in [-0.15, -0.1) is 11.6 Å². The molecular formula is C8H7ClKO2. The first-order valence-electron chi connectivity index (χ1n) is 3.14. The van der Waals surface area contributed by atoms with Crippen molar-refractivity contribution in [2.45, 2.75) is 0 Å². The average Bonchev–Trinajstić information content (AvgIpc) is 2.06. The van der Waals surface area contributed by atoms with Crippen molar-refractivity contribution in [3.63, 3.8) is 0 Å². The number of hydrogen-bond acceptors (Lipinski definition) is 2. The van der Waals surface area contributed by atoms with E-state index in [1.54, 1.807) is 24.3 Å². The van der Waals surface area contributed by atoms with Gasteiger partial charge in [0.25, 0.3) is 0 Å². The van der Waals surface area contributed by atoms with E-state index in [-0.39, 0.29) is 57.3 Å². The summed E-state index contributed by atoms with van der Waals surface area (Å²) in [6, 6.07) is 8.82. The van der Waals surface area contributed by atoms with Gasteiger partial charge in [0, 0.05) is 51.4 Å². The van der Waals surface area contributed by atoms with Gasteiger partial charge in [-0.25, -0.2) is 0 Å². The molecule has 0 saturated heterocycles. The molecule has 0 fully saturated rings. The van der Waals surface area contributed by atoms with Crippen molar-refractivity contribution in [3.05, 3.63) is 30.3 Å². The fourth-order valence-electron chi connectivity index (χ4n) is 0.647. The largest absolute Gasteiger partial charge is 0.426 e. The van der Waals surface area contributed by atoms with Crippen LogP contribution >= 0.6 is 11.6 Å². The molecule has 4 heteroatoms. The van der Waals surface area contributed by atoms with Gasteiger partial charge in [-0.3, -0.25) is 4.79 Å². The Kier molecular flexibility index (Phi) is 7.42. The van der Waals surface area contributed by atoms with Gasteiger partial charge in [0.05, 0.1) is 0 Å². The molecule has 0 N–H and O–H groups in total. The Morgan fingerprint density at radius 3 is 2.42 bits per heavy atom. The van der Waals surface area contributed by atoms with E-state index in [1.165, 1.54) is 0 Å². The molecule has 0 amide bonds. The third-order valence-corrected chi connectivity index (χ3v) is 1.30. The molecule has 0 aliphatic carbocycles. The molecule has 0 aromatic heterocycles. The molecule has 12 heavy (non-hydrogen) atoms. The Morgan fingerprint density at radius 2 is 1.92 bits per heavy atom. The van der Waals surface area contributed by atoms with Crippen LogP contribution in [0.5, 0.6) is 5.75 Å². The second-order valence-corrected chi connectivity index (χ2v) is 2.19. The summed E-state index contributed by atoms with van der Waals surface area (Å²) in [5.41, 5.74) is 0. The summed E-state index contributed by atoms with van der Waals surface area (Å²) in [6.45, 7) is 0. The van der Waals surface area contributed by atoms with Crippen LogP contribution in [-0.2, 0) is 4.79 Å². The van der Waals surface area contributed by atoms with Crippen molar-refractivity contribution in [2.24, 2.45) is 0 Å². The van der Waals surface area contributed by atoms with Crippen molar-refractivity contribution in [1.82, 2.24) is 0 Å². The Bertz CT molecular complexity index is 238. The van der Waals surface area contributed by atoms with E-state index in [0.29, 0.717) is 5.75 Å². The Balaban J connectivity index is 0.00000121. The number of hydrogen-bond donors (Lipinski definition) is 0. The van der Waals surface area contributed by atoms with E-state index in [2.05, 4.69) is 0 Å². The molecule has 0 aliphatic heterocycles. The van der Waals surface area contributed by atoms with Crippen LogP contribution < -0.4 is 4.74 Å². The maximum absolute atomic E-state index is 10.6. The van der Waals surface area contributed by atoms with Gasteiger partial charge in [-0.1, -0.05) is 18.2 Å². The number of carbonyl (C=O) groups is 1. The zero-order valence-electron chi connectivity index (χ0n) is 6.79. The van der Waals surface area contributed by atoms with E-state index in [0.717, 1.165) is 0 Å². The molecule has 1 rings (SSSR count). The predicted molar refractivity (Wildman–Crippen MR) is 48.6 cm³/mol. The van der Waals surface area contributed by atoms with Gasteiger partial charge in [-0.2, -0.15) is 0 Å². The number of carbonyl (C=O) groups excluding carboxylic acids is 1. The summed E-state index contributed by atoms with van der Waals surface area (Å²) >= 11 is 5.23. The van der Waals surface area contributed by atoms with Crippen LogP contribution in [0, 0.1) is 0 Å². The molecule has 0 heterocycles. The van der Waals surface area contributed by atoms with Gasteiger partial charge in [-0.05, 0) is 12.1 Å². The fourth-order valence-corrected chi connectivity index (χ4v) is 0.702. The first kappa shape index (κ1) is 12.6. The molecule has 0 saturated carbocycles. The number of ether oxygens (including phenoxy) is 1. The summed E-state index contributed by atoms with van der Waals surface area (Å²) in [5, 5.41) is 0. The molecule has 0 atom stereocenters. The van der Waals surface area contributed by atoms with Crippen LogP contribution in [0.4, 0.5) is 0 Å². The maximum atomic E-state index is 10.6. The zero-order chi connectivity index (χ0) is 8.10. The van der Waals surface area contributed by atoms with Crippen molar-refractivity contribution in [1.29, 1.82) is 0 Å². The first-order valence-corrected chi connectivity index (χ1v) is 3.68. The molecule has 0 bridgehead atoms. The van der Waals surface area contributed by atoms with Crippen LogP contribution in [0.25, 0.3) is 0 Å². The standard InChI is InChI=1S/C8H7ClO2.K/c9-6-8(10)11-7-4-2-1-3-5-7;/h1-5H,6H2;. The van der Waals surface area contributed by atoms with E-state index in [4.69, 9.17) is 16.3 Å². The number of para-hydroxylation sites is 1.